The van der Waals surface area contributed by atoms with E-state index in [1.807, 2.05) is 6.92 Å². The van der Waals surface area contributed by atoms with Gasteiger partial charge in [-0.1, -0.05) is 162 Å². The Morgan fingerprint density at radius 3 is 1.17 bits per heavy atom. The zero-order chi connectivity index (χ0) is 26.5. The molecule has 1 unspecified atom stereocenters. The molecule has 3 heteroatoms. The summed E-state index contributed by atoms with van der Waals surface area (Å²) in [5, 5.41) is 0. The van der Waals surface area contributed by atoms with E-state index in [9.17, 15) is 9.59 Å². The van der Waals surface area contributed by atoms with E-state index in [-0.39, 0.29) is 11.8 Å². The first-order valence-corrected chi connectivity index (χ1v) is 16.4. The van der Waals surface area contributed by atoms with Crippen LogP contribution in [0.25, 0.3) is 0 Å². The van der Waals surface area contributed by atoms with Crippen molar-refractivity contribution in [2.75, 3.05) is 6.61 Å². The molecule has 0 aliphatic rings. The Balaban J connectivity index is 3.81. The molecule has 0 fully saturated rings. The van der Waals surface area contributed by atoms with Crippen LogP contribution in [0.5, 0.6) is 0 Å². The van der Waals surface area contributed by atoms with Gasteiger partial charge in [-0.2, -0.15) is 0 Å². The maximum atomic E-state index is 12.8. The van der Waals surface area contributed by atoms with E-state index in [2.05, 4.69) is 13.8 Å². The number of unbranched alkanes of at least 4 members (excludes halogenated alkanes) is 22. The summed E-state index contributed by atoms with van der Waals surface area (Å²) in [4.78, 5) is 25.2. The van der Waals surface area contributed by atoms with Crippen LogP contribution in [-0.4, -0.2) is 18.4 Å². The highest BCUT2D eigenvalue weighted by atomic mass is 16.5. The molecule has 3 nitrogen and oxygen atoms in total. The molecule has 0 aromatic carbocycles. The number of ether oxygens (including phenoxy) is 1. The first-order chi connectivity index (χ1) is 17.7. The van der Waals surface area contributed by atoms with E-state index < -0.39 is 5.92 Å². The van der Waals surface area contributed by atoms with Crippen LogP contribution >= 0.6 is 0 Å². The topological polar surface area (TPSA) is 43.4 Å². The second-order valence-corrected chi connectivity index (χ2v) is 11.1. The van der Waals surface area contributed by atoms with Crippen LogP contribution in [-0.2, 0) is 14.3 Å². The second kappa shape index (κ2) is 28.7. The van der Waals surface area contributed by atoms with Crippen molar-refractivity contribution in [1.29, 1.82) is 0 Å². The quantitative estimate of drug-likeness (QED) is 0.0573. The molecular formula is C33H64O3. The number of hydrogen-bond donors (Lipinski definition) is 0. The van der Waals surface area contributed by atoms with Gasteiger partial charge in [0.1, 0.15) is 11.7 Å². The molecular weight excluding hydrogens is 444 g/mol. The van der Waals surface area contributed by atoms with Crippen molar-refractivity contribution in [1.82, 2.24) is 0 Å². The molecule has 0 aromatic heterocycles. The van der Waals surface area contributed by atoms with Gasteiger partial charge in [0, 0.05) is 6.42 Å². The van der Waals surface area contributed by atoms with Crippen LogP contribution in [0.15, 0.2) is 0 Å². The van der Waals surface area contributed by atoms with E-state index in [0.29, 0.717) is 19.4 Å². The van der Waals surface area contributed by atoms with Gasteiger partial charge in [0.2, 0.25) is 0 Å². The van der Waals surface area contributed by atoms with Gasteiger partial charge in [0.05, 0.1) is 6.61 Å². The molecule has 0 spiro atoms. The summed E-state index contributed by atoms with van der Waals surface area (Å²) in [5.74, 6) is -0.700. The van der Waals surface area contributed by atoms with Crippen molar-refractivity contribution >= 4 is 11.8 Å². The van der Waals surface area contributed by atoms with Crippen LogP contribution in [0.2, 0.25) is 0 Å². The van der Waals surface area contributed by atoms with E-state index in [1.54, 1.807) is 0 Å². The second-order valence-electron chi connectivity index (χ2n) is 11.1. The largest absolute Gasteiger partial charge is 0.465 e. The monoisotopic (exact) mass is 508 g/mol. The minimum atomic E-state index is -0.527. The highest BCUT2D eigenvalue weighted by molar-refractivity contribution is 5.98. The summed E-state index contributed by atoms with van der Waals surface area (Å²) < 4.78 is 5.23. The minimum absolute atomic E-state index is 0.114. The fourth-order valence-electron chi connectivity index (χ4n) is 5.16. The summed E-state index contributed by atoms with van der Waals surface area (Å²) in [6.07, 6.45) is 32.2. The molecule has 214 valence electrons. The summed E-state index contributed by atoms with van der Waals surface area (Å²) in [5.41, 5.74) is 0. The van der Waals surface area contributed by atoms with Gasteiger partial charge in [-0.05, 0) is 19.8 Å². The molecule has 0 saturated heterocycles. The lowest BCUT2D eigenvalue weighted by atomic mass is 9.92. The number of Topliss-reactive ketones (excluding diaryl/α,β-unsaturated/α-hetero) is 1. The van der Waals surface area contributed by atoms with Crippen LogP contribution in [0.4, 0.5) is 0 Å². The third-order valence-corrected chi connectivity index (χ3v) is 7.58. The highest BCUT2D eigenvalue weighted by Crippen LogP contribution is 2.19. The Morgan fingerprint density at radius 1 is 0.472 bits per heavy atom. The first kappa shape index (κ1) is 35.1. The number of rotatable bonds is 29. The Labute approximate surface area is 226 Å². The lowest BCUT2D eigenvalue weighted by molar-refractivity contribution is -0.152. The lowest BCUT2D eigenvalue weighted by Gasteiger charge is -2.14. The number of hydrogen-bond acceptors (Lipinski definition) is 3. The van der Waals surface area contributed by atoms with E-state index in [1.165, 1.54) is 128 Å². The molecule has 0 amide bonds. The Kier molecular flexibility index (Phi) is 28.0. The molecule has 0 aliphatic heterocycles. The highest BCUT2D eigenvalue weighted by Gasteiger charge is 2.26. The molecule has 0 aromatic rings. The predicted octanol–water partition coefficient (Wildman–Crippen LogP) is 10.9. The molecule has 0 bridgehead atoms. The zero-order valence-corrected chi connectivity index (χ0v) is 24.9. The summed E-state index contributed by atoms with van der Waals surface area (Å²) >= 11 is 0. The molecule has 0 heterocycles. The lowest BCUT2D eigenvalue weighted by Crippen LogP contribution is -2.26. The summed E-state index contributed by atoms with van der Waals surface area (Å²) in [6, 6.07) is 0. The fraction of sp³-hybridized carbons (Fsp3) is 0.939. The molecule has 0 rings (SSSR count). The van der Waals surface area contributed by atoms with Crippen molar-refractivity contribution in [3.05, 3.63) is 0 Å². The van der Waals surface area contributed by atoms with Crippen molar-refractivity contribution in [3.63, 3.8) is 0 Å². The molecule has 0 N–H and O–H groups in total. The standard InChI is InChI=1S/C33H64O3/c1-4-7-9-11-13-15-17-18-20-22-24-26-28-30-32(34)31(33(35)36-6-3)29-27-25-23-21-19-16-14-12-10-8-5-2/h31H,4-30H2,1-3H3. The number of ketones is 1. The van der Waals surface area contributed by atoms with Gasteiger partial charge >= 0.3 is 5.97 Å². The van der Waals surface area contributed by atoms with Crippen molar-refractivity contribution < 1.29 is 14.3 Å². The predicted molar refractivity (Wildman–Crippen MR) is 157 cm³/mol. The molecule has 0 saturated carbocycles. The third-order valence-electron chi connectivity index (χ3n) is 7.58. The van der Waals surface area contributed by atoms with Crippen LogP contribution in [0, 0.1) is 5.92 Å². The maximum Gasteiger partial charge on any atom is 0.316 e. The van der Waals surface area contributed by atoms with Crippen molar-refractivity contribution in [2.24, 2.45) is 5.92 Å². The molecule has 0 aliphatic carbocycles. The van der Waals surface area contributed by atoms with Crippen LogP contribution in [0.3, 0.4) is 0 Å². The smallest absolute Gasteiger partial charge is 0.316 e. The number of carbonyl (C=O) groups is 2. The summed E-state index contributed by atoms with van der Waals surface area (Å²) in [7, 11) is 0. The van der Waals surface area contributed by atoms with Crippen LogP contribution in [0.1, 0.15) is 188 Å². The Hall–Kier alpha value is -0.860. The minimum Gasteiger partial charge on any atom is -0.465 e. The average molecular weight is 509 g/mol. The van der Waals surface area contributed by atoms with Gasteiger partial charge in [-0.15, -0.1) is 0 Å². The van der Waals surface area contributed by atoms with Crippen LogP contribution < -0.4 is 0 Å². The van der Waals surface area contributed by atoms with Crippen molar-refractivity contribution in [2.45, 2.75) is 188 Å². The van der Waals surface area contributed by atoms with E-state index >= 15 is 0 Å². The number of esters is 1. The Morgan fingerprint density at radius 2 is 0.806 bits per heavy atom. The first-order valence-electron chi connectivity index (χ1n) is 16.4. The maximum absolute atomic E-state index is 12.8. The molecule has 1 atom stereocenters. The fourth-order valence-corrected chi connectivity index (χ4v) is 5.16. The van der Waals surface area contributed by atoms with Gasteiger partial charge in [0.15, 0.2) is 0 Å². The van der Waals surface area contributed by atoms with E-state index in [0.717, 1.165) is 25.7 Å². The number of carbonyl (C=O) groups excluding carboxylic acids is 2. The van der Waals surface area contributed by atoms with Gasteiger partial charge < -0.3 is 4.74 Å². The zero-order valence-electron chi connectivity index (χ0n) is 24.9. The molecule has 0 radical (unpaired) electrons. The summed E-state index contributed by atoms with van der Waals surface area (Å²) in [6.45, 7) is 6.72. The van der Waals surface area contributed by atoms with Gasteiger partial charge in [-0.3, -0.25) is 9.59 Å². The normalized spacial score (nSPS) is 12.1. The SMILES string of the molecule is CCCCCCCCCCCCCCCC(=O)C(CCCCCCCCCCCCC)C(=O)OCC. The molecule has 36 heavy (non-hydrogen) atoms. The van der Waals surface area contributed by atoms with E-state index in [4.69, 9.17) is 4.74 Å². The van der Waals surface area contributed by atoms with Crippen molar-refractivity contribution in [3.8, 4) is 0 Å². The third kappa shape index (κ3) is 23.5. The Bertz CT molecular complexity index is 474. The van der Waals surface area contributed by atoms with Gasteiger partial charge in [-0.25, -0.2) is 0 Å². The van der Waals surface area contributed by atoms with Gasteiger partial charge in [0.25, 0.3) is 0 Å². The average Bonchev–Trinajstić information content (AvgIpc) is 2.87.